The Balaban J connectivity index is 2.10. The predicted octanol–water partition coefficient (Wildman–Crippen LogP) is 0.315. The van der Waals surface area contributed by atoms with E-state index < -0.39 is 18.2 Å². The summed E-state index contributed by atoms with van der Waals surface area (Å²) in [5, 5.41) is 23.2. The van der Waals surface area contributed by atoms with Crippen LogP contribution in [-0.4, -0.2) is 49.0 Å². The lowest BCUT2D eigenvalue weighted by Crippen LogP contribution is -2.37. The minimum atomic E-state index is -0.575. The van der Waals surface area contributed by atoms with E-state index in [1.54, 1.807) is 17.9 Å². The molecule has 102 valence electrons. The highest BCUT2D eigenvalue weighted by atomic mass is 16.3. The van der Waals surface area contributed by atoms with E-state index in [9.17, 15) is 10.2 Å². The quantitative estimate of drug-likeness (QED) is 0.722. The van der Waals surface area contributed by atoms with Crippen molar-refractivity contribution in [1.29, 1.82) is 0 Å². The number of hydrogen-bond acceptors (Lipinski definition) is 6. The molecule has 1 fully saturated rings. The van der Waals surface area contributed by atoms with Gasteiger partial charge in [0.1, 0.15) is 11.8 Å². The van der Waals surface area contributed by atoms with E-state index in [4.69, 9.17) is 0 Å². The van der Waals surface area contributed by atoms with E-state index >= 15 is 0 Å². The largest absolute Gasteiger partial charge is 0.391 e. The molecule has 1 aliphatic rings. The molecule has 2 aromatic heterocycles. The molecule has 0 aliphatic heterocycles. The van der Waals surface area contributed by atoms with Crippen molar-refractivity contribution in [2.24, 2.45) is 0 Å². The van der Waals surface area contributed by atoms with Gasteiger partial charge in [0.25, 0.3) is 0 Å². The van der Waals surface area contributed by atoms with Crippen LogP contribution in [0.4, 0.5) is 5.82 Å². The molecule has 7 nitrogen and oxygen atoms in total. The molecule has 0 aromatic carbocycles. The van der Waals surface area contributed by atoms with Crippen LogP contribution < -0.4 is 5.32 Å². The topological polar surface area (TPSA) is 96.1 Å². The first kappa shape index (κ1) is 12.3. The summed E-state index contributed by atoms with van der Waals surface area (Å²) < 4.78 is 1.76. The second-order valence-electron chi connectivity index (χ2n) is 4.85. The Morgan fingerprint density at radius 2 is 1.95 bits per heavy atom. The van der Waals surface area contributed by atoms with Crippen molar-refractivity contribution in [2.75, 3.05) is 12.4 Å². The average molecular weight is 263 g/mol. The summed E-state index contributed by atoms with van der Waals surface area (Å²) in [6.07, 6.45) is 4.12. The minimum Gasteiger partial charge on any atom is -0.391 e. The Labute approximate surface area is 110 Å². The van der Waals surface area contributed by atoms with E-state index in [-0.39, 0.29) is 0 Å². The number of nitrogens with zero attached hydrogens (tertiary/aromatic N) is 4. The molecule has 1 aliphatic carbocycles. The van der Waals surface area contributed by atoms with E-state index in [1.165, 1.54) is 6.33 Å². The fraction of sp³-hybridized carbons (Fsp3) is 0.583. The maximum absolute atomic E-state index is 10.1. The molecule has 0 bridgehead atoms. The van der Waals surface area contributed by atoms with Crippen molar-refractivity contribution < 1.29 is 10.2 Å². The number of fused-ring (bicyclic) bond motifs is 1. The molecule has 2 heterocycles. The third-order valence-corrected chi connectivity index (χ3v) is 3.71. The van der Waals surface area contributed by atoms with Crippen LogP contribution >= 0.6 is 0 Å². The normalized spacial score (nSPS) is 27.6. The third kappa shape index (κ3) is 1.95. The molecule has 3 N–H and O–H groups in total. The molecular weight excluding hydrogens is 246 g/mol. The molecule has 7 heteroatoms. The standard InChI is InChI=1S/C12H17N5O2/c1-13-11-9-12(15-5-14-11)17(6-16-9)10-7(18)3-2-4-8(10)19/h5-8,10,18-19H,2-4H2,1H3,(H,13,14,15)/t7-,8+,10?. The van der Waals surface area contributed by atoms with Crippen LogP contribution in [0.2, 0.25) is 0 Å². The fourth-order valence-corrected chi connectivity index (χ4v) is 2.76. The summed E-state index contributed by atoms with van der Waals surface area (Å²) >= 11 is 0. The predicted molar refractivity (Wildman–Crippen MR) is 69.8 cm³/mol. The van der Waals surface area contributed by atoms with Crippen molar-refractivity contribution in [2.45, 2.75) is 37.5 Å². The van der Waals surface area contributed by atoms with E-state index in [1.807, 2.05) is 0 Å². The zero-order chi connectivity index (χ0) is 13.4. The van der Waals surface area contributed by atoms with Crippen molar-refractivity contribution in [3.8, 4) is 0 Å². The lowest BCUT2D eigenvalue weighted by molar-refractivity contribution is -0.0141. The van der Waals surface area contributed by atoms with Crippen LogP contribution in [0.1, 0.15) is 25.3 Å². The maximum atomic E-state index is 10.1. The van der Waals surface area contributed by atoms with Crippen LogP contribution in [0.15, 0.2) is 12.7 Å². The van der Waals surface area contributed by atoms with Gasteiger partial charge in [-0.2, -0.15) is 0 Å². The Bertz CT molecular complexity index is 575. The monoisotopic (exact) mass is 263 g/mol. The lowest BCUT2D eigenvalue weighted by Gasteiger charge is -2.33. The zero-order valence-corrected chi connectivity index (χ0v) is 10.7. The van der Waals surface area contributed by atoms with Crippen molar-refractivity contribution in [3.63, 3.8) is 0 Å². The highest BCUT2D eigenvalue weighted by molar-refractivity contribution is 5.82. The zero-order valence-electron chi connectivity index (χ0n) is 10.7. The van der Waals surface area contributed by atoms with E-state index in [0.29, 0.717) is 29.8 Å². The molecule has 2 aromatic rings. The van der Waals surface area contributed by atoms with Crippen LogP contribution in [-0.2, 0) is 0 Å². The highest BCUT2D eigenvalue weighted by Gasteiger charge is 2.33. The number of anilines is 1. The van der Waals surface area contributed by atoms with Gasteiger partial charge in [-0.15, -0.1) is 0 Å². The number of nitrogens with one attached hydrogen (secondary N) is 1. The van der Waals surface area contributed by atoms with Crippen LogP contribution in [0.3, 0.4) is 0 Å². The van der Waals surface area contributed by atoms with Gasteiger partial charge in [0.05, 0.1) is 24.6 Å². The van der Waals surface area contributed by atoms with Crippen molar-refractivity contribution >= 4 is 17.0 Å². The maximum Gasteiger partial charge on any atom is 0.165 e. The summed E-state index contributed by atoms with van der Waals surface area (Å²) in [5.41, 5.74) is 1.28. The Morgan fingerprint density at radius 3 is 2.63 bits per heavy atom. The number of aliphatic hydroxyl groups is 2. The summed E-state index contributed by atoms with van der Waals surface area (Å²) in [6, 6.07) is -0.390. The third-order valence-electron chi connectivity index (χ3n) is 3.71. The fourth-order valence-electron chi connectivity index (χ4n) is 2.76. The average Bonchev–Trinajstić information content (AvgIpc) is 2.82. The molecular formula is C12H17N5O2. The minimum absolute atomic E-state index is 0.390. The lowest BCUT2D eigenvalue weighted by atomic mass is 9.90. The van der Waals surface area contributed by atoms with E-state index in [2.05, 4.69) is 20.3 Å². The Morgan fingerprint density at radius 1 is 1.21 bits per heavy atom. The van der Waals surface area contributed by atoms with Gasteiger partial charge in [0.15, 0.2) is 11.5 Å². The summed E-state index contributed by atoms with van der Waals surface area (Å²) in [7, 11) is 1.77. The van der Waals surface area contributed by atoms with Gasteiger partial charge in [-0.05, 0) is 19.3 Å². The molecule has 3 atom stereocenters. The number of aromatic nitrogens is 4. The van der Waals surface area contributed by atoms with Crippen molar-refractivity contribution in [1.82, 2.24) is 19.5 Å². The second-order valence-corrected chi connectivity index (χ2v) is 4.85. The van der Waals surface area contributed by atoms with Crippen LogP contribution in [0, 0.1) is 0 Å². The first-order valence-electron chi connectivity index (χ1n) is 6.43. The van der Waals surface area contributed by atoms with Gasteiger partial charge in [-0.1, -0.05) is 0 Å². The van der Waals surface area contributed by atoms with Gasteiger partial charge in [0, 0.05) is 7.05 Å². The first-order valence-corrected chi connectivity index (χ1v) is 6.43. The van der Waals surface area contributed by atoms with Gasteiger partial charge in [-0.25, -0.2) is 15.0 Å². The number of rotatable bonds is 2. The smallest absolute Gasteiger partial charge is 0.165 e. The summed E-state index contributed by atoms with van der Waals surface area (Å²) in [4.78, 5) is 12.6. The first-order chi connectivity index (χ1) is 9.22. The van der Waals surface area contributed by atoms with Gasteiger partial charge in [-0.3, -0.25) is 0 Å². The van der Waals surface area contributed by atoms with Gasteiger partial charge >= 0.3 is 0 Å². The molecule has 1 unspecified atom stereocenters. The number of hydrogen-bond donors (Lipinski definition) is 3. The molecule has 0 amide bonds. The highest BCUT2D eigenvalue weighted by Crippen LogP contribution is 2.31. The Kier molecular flexibility index (Phi) is 3.08. The summed E-state index contributed by atoms with van der Waals surface area (Å²) in [5.74, 6) is 0.642. The molecule has 3 rings (SSSR count). The molecule has 1 saturated carbocycles. The molecule has 0 spiro atoms. The van der Waals surface area contributed by atoms with Crippen LogP contribution in [0.5, 0.6) is 0 Å². The SMILES string of the molecule is CNc1ncnc2c1ncn2C1[C@H](O)CCC[C@@H]1O. The molecule has 0 radical (unpaired) electrons. The Hall–Kier alpha value is -1.73. The summed E-state index contributed by atoms with van der Waals surface area (Å²) in [6.45, 7) is 0. The second kappa shape index (κ2) is 4.75. The van der Waals surface area contributed by atoms with Crippen LogP contribution in [0.25, 0.3) is 11.2 Å². The number of imidazole rings is 1. The van der Waals surface area contributed by atoms with Crippen molar-refractivity contribution in [3.05, 3.63) is 12.7 Å². The van der Waals surface area contributed by atoms with E-state index in [0.717, 1.165) is 6.42 Å². The van der Waals surface area contributed by atoms with Gasteiger partial charge < -0.3 is 20.1 Å². The van der Waals surface area contributed by atoms with Gasteiger partial charge in [0.2, 0.25) is 0 Å². The number of aliphatic hydroxyl groups excluding tert-OH is 2. The molecule has 0 saturated heterocycles. The molecule has 19 heavy (non-hydrogen) atoms.